The number of esters is 1. The molecule has 0 aliphatic carbocycles. The van der Waals surface area contributed by atoms with Crippen molar-refractivity contribution in [1.82, 2.24) is 19.4 Å². The van der Waals surface area contributed by atoms with E-state index in [0.29, 0.717) is 29.8 Å². The highest BCUT2D eigenvalue weighted by atomic mass is 19.1. The number of aromatic nitrogens is 3. The number of aromatic amines is 1. The molecule has 0 bridgehead atoms. The van der Waals surface area contributed by atoms with Crippen molar-refractivity contribution in [2.45, 2.75) is 39.8 Å². The fraction of sp³-hybridized carbons (Fsp3) is 0.308. The van der Waals surface area contributed by atoms with E-state index in [1.54, 1.807) is 39.5 Å². The van der Waals surface area contributed by atoms with Gasteiger partial charge in [-0.1, -0.05) is 12.1 Å². The number of H-pyrrole nitrogens is 1. The number of ether oxygens (including phenoxy) is 1. The molecule has 1 aliphatic heterocycles. The Bertz CT molecular complexity index is 1330. The van der Waals surface area contributed by atoms with Gasteiger partial charge >= 0.3 is 5.97 Å². The number of carbonyl (C=O) groups excluding carboxylic acids is 3. The van der Waals surface area contributed by atoms with Crippen LogP contribution in [0.2, 0.25) is 0 Å². The molecule has 1 aliphatic rings. The number of halogens is 1. The van der Waals surface area contributed by atoms with Crippen LogP contribution < -0.4 is 0 Å². The molecular formula is C26H27FN4O5. The number of carbonyl (C=O) groups is 3. The molecule has 188 valence electrons. The van der Waals surface area contributed by atoms with Crippen molar-refractivity contribution in [3.8, 4) is 0 Å². The van der Waals surface area contributed by atoms with Crippen LogP contribution in [0.4, 0.5) is 4.39 Å². The van der Waals surface area contributed by atoms with E-state index >= 15 is 0 Å². The summed E-state index contributed by atoms with van der Waals surface area (Å²) in [5, 5.41) is 11.4. The van der Waals surface area contributed by atoms with E-state index in [1.807, 2.05) is 4.57 Å². The number of aliphatic hydroxyl groups excluding tert-OH is 1. The summed E-state index contributed by atoms with van der Waals surface area (Å²) in [6, 6.07) is 4.54. The number of nitrogens with one attached hydrogen (secondary N) is 1. The average molecular weight is 495 g/mol. The van der Waals surface area contributed by atoms with E-state index in [2.05, 4.69) is 9.97 Å². The molecule has 0 radical (unpaired) electrons. The van der Waals surface area contributed by atoms with Crippen molar-refractivity contribution in [3.63, 3.8) is 0 Å². The molecule has 3 heterocycles. The minimum Gasteiger partial charge on any atom is -0.507 e. The highest BCUT2D eigenvalue weighted by Gasteiger charge is 2.46. The van der Waals surface area contributed by atoms with Gasteiger partial charge in [-0.2, -0.15) is 0 Å². The summed E-state index contributed by atoms with van der Waals surface area (Å²) in [5.41, 5.74) is 1.61. The van der Waals surface area contributed by atoms with Gasteiger partial charge in [0.2, 0.25) is 0 Å². The summed E-state index contributed by atoms with van der Waals surface area (Å²) >= 11 is 0. The Morgan fingerprint density at radius 2 is 1.92 bits per heavy atom. The topological polar surface area (TPSA) is 118 Å². The van der Waals surface area contributed by atoms with Gasteiger partial charge in [-0.15, -0.1) is 0 Å². The van der Waals surface area contributed by atoms with Gasteiger partial charge in [-0.05, 0) is 50.5 Å². The Balaban J connectivity index is 1.78. The summed E-state index contributed by atoms with van der Waals surface area (Å²) < 4.78 is 20.6. The summed E-state index contributed by atoms with van der Waals surface area (Å²) in [6.45, 7) is 5.92. The first-order valence-electron chi connectivity index (χ1n) is 11.6. The number of hydrogen-bond donors (Lipinski definition) is 2. The van der Waals surface area contributed by atoms with Crippen LogP contribution in [0.1, 0.15) is 52.3 Å². The fourth-order valence-electron chi connectivity index (χ4n) is 4.59. The molecule has 36 heavy (non-hydrogen) atoms. The van der Waals surface area contributed by atoms with Gasteiger partial charge in [0, 0.05) is 36.7 Å². The van der Waals surface area contributed by atoms with E-state index in [0.717, 1.165) is 0 Å². The first-order valence-corrected chi connectivity index (χ1v) is 11.6. The minimum atomic E-state index is -0.923. The molecule has 1 amide bonds. The lowest BCUT2D eigenvalue weighted by Crippen LogP contribution is -2.31. The molecule has 1 saturated heterocycles. The van der Waals surface area contributed by atoms with E-state index < -0.39 is 35.3 Å². The summed E-state index contributed by atoms with van der Waals surface area (Å²) in [5.74, 6) is -3.06. The highest BCUT2D eigenvalue weighted by Crippen LogP contribution is 2.41. The lowest BCUT2D eigenvalue weighted by atomic mass is 9.94. The van der Waals surface area contributed by atoms with Crippen LogP contribution in [0.15, 0.2) is 48.6 Å². The Kier molecular flexibility index (Phi) is 7.05. The van der Waals surface area contributed by atoms with Gasteiger partial charge in [-0.3, -0.25) is 9.59 Å². The lowest BCUT2D eigenvalue weighted by Gasteiger charge is -2.25. The number of imidazole rings is 1. The third-order valence-electron chi connectivity index (χ3n) is 6.25. The largest absolute Gasteiger partial charge is 0.507 e. The zero-order valence-corrected chi connectivity index (χ0v) is 20.2. The quantitative estimate of drug-likeness (QED) is 0.214. The monoisotopic (exact) mass is 494 g/mol. The van der Waals surface area contributed by atoms with Crippen LogP contribution in [-0.2, 0) is 20.9 Å². The molecule has 9 nitrogen and oxygen atoms in total. The zero-order chi connectivity index (χ0) is 26.0. The normalized spacial score (nSPS) is 17.1. The predicted molar refractivity (Wildman–Crippen MR) is 128 cm³/mol. The maximum Gasteiger partial charge on any atom is 0.355 e. The van der Waals surface area contributed by atoms with Crippen LogP contribution in [0.3, 0.4) is 0 Å². The summed E-state index contributed by atoms with van der Waals surface area (Å²) in [4.78, 5) is 47.0. The van der Waals surface area contributed by atoms with E-state index in [4.69, 9.17) is 4.74 Å². The zero-order valence-electron chi connectivity index (χ0n) is 20.2. The Morgan fingerprint density at radius 1 is 1.19 bits per heavy atom. The predicted octanol–water partition coefficient (Wildman–Crippen LogP) is 3.66. The van der Waals surface area contributed by atoms with Gasteiger partial charge < -0.3 is 24.3 Å². The van der Waals surface area contributed by atoms with Crippen molar-refractivity contribution in [1.29, 1.82) is 0 Å². The fourth-order valence-corrected chi connectivity index (χ4v) is 4.59. The maximum absolute atomic E-state index is 13.7. The Labute approximate surface area is 207 Å². The summed E-state index contributed by atoms with van der Waals surface area (Å²) in [7, 11) is 0. The van der Waals surface area contributed by atoms with Crippen molar-refractivity contribution < 1.29 is 28.6 Å². The van der Waals surface area contributed by atoms with Gasteiger partial charge in [0.25, 0.3) is 11.7 Å². The van der Waals surface area contributed by atoms with E-state index in [-0.39, 0.29) is 30.0 Å². The number of nitrogens with zero attached hydrogens (tertiary/aromatic N) is 3. The van der Waals surface area contributed by atoms with E-state index in [1.165, 1.54) is 29.2 Å². The molecule has 0 saturated carbocycles. The molecular weight excluding hydrogens is 467 g/mol. The van der Waals surface area contributed by atoms with Crippen molar-refractivity contribution >= 4 is 23.4 Å². The first kappa shape index (κ1) is 24.9. The first-order chi connectivity index (χ1) is 17.2. The minimum absolute atomic E-state index is 0.116. The molecule has 2 N–H and O–H groups in total. The molecule has 1 unspecified atom stereocenters. The second-order valence-electron chi connectivity index (χ2n) is 8.54. The number of hydrogen-bond acceptors (Lipinski definition) is 6. The average Bonchev–Trinajstić information content (AvgIpc) is 3.53. The van der Waals surface area contributed by atoms with Crippen molar-refractivity contribution in [2.24, 2.45) is 0 Å². The lowest BCUT2D eigenvalue weighted by molar-refractivity contribution is -0.139. The van der Waals surface area contributed by atoms with Crippen molar-refractivity contribution in [2.75, 3.05) is 13.2 Å². The molecule has 1 aromatic carbocycles. The number of amides is 1. The van der Waals surface area contributed by atoms with Crippen molar-refractivity contribution in [3.05, 3.63) is 82.5 Å². The second kappa shape index (κ2) is 10.2. The third kappa shape index (κ3) is 4.53. The molecule has 0 spiro atoms. The number of aliphatic hydroxyl groups is 1. The van der Waals surface area contributed by atoms with Crippen LogP contribution in [0.25, 0.3) is 5.76 Å². The number of rotatable bonds is 8. The van der Waals surface area contributed by atoms with Gasteiger partial charge in [0.1, 0.15) is 17.3 Å². The maximum atomic E-state index is 13.7. The van der Waals surface area contributed by atoms with Crippen LogP contribution in [-0.4, -0.2) is 55.4 Å². The number of aryl methyl sites for hydroxylation is 2. The number of Topliss-reactive ketones (excluding diaryl/α,β-unsaturated/α-hetero) is 1. The molecule has 1 atom stereocenters. The second-order valence-corrected chi connectivity index (χ2v) is 8.54. The van der Waals surface area contributed by atoms with Gasteiger partial charge in [0.05, 0.1) is 24.5 Å². The van der Waals surface area contributed by atoms with Crippen LogP contribution >= 0.6 is 0 Å². The number of likely N-dealkylation sites (tertiary alicyclic amines) is 1. The summed E-state index contributed by atoms with van der Waals surface area (Å²) in [6.07, 6.45) is 5.63. The molecule has 2 aromatic heterocycles. The Hall–Kier alpha value is -4.21. The van der Waals surface area contributed by atoms with Crippen LogP contribution in [0.5, 0.6) is 0 Å². The molecule has 10 heteroatoms. The SMILES string of the molecule is CCOC(=O)c1[nH]c(C)c(/C(O)=C2\C(=O)C(=O)N(CCCn3ccnc3)C2c2ccc(F)cc2)c1C. The van der Waals surface area contributed by atoms with Gasteiger partial charge in [0.15, 0.2) is 0 Å². The number of ketones is 1. The smallest absolute Gasteiger partial charge is 0.355 e. The van der Waals surface area contributed by atoms with Crippen LogP contribution in [0, 0.1) is 19.7 Å². The number of benzene rings is 1. The highest BCUT2D eigenvalue weighted by molar-refractivity contribution is 6.46. The van der Waals surface area contributed by atoms with Gasteiger partial charge in [-0.25, -0.2) is 14.2 Å². The van der Waals surface area contributed by atoms with E-state index in [9.17, 15) is 23.9 Å². The molecule has 1 fully saturated rings. The molecule has 4 rings (SSSR count). The third-order valence-corrected chi connectivity index (χ3v) is 6.25. The molecule has 3 aromatic rings. The standard InChI is InChI=1S/C26H27FN4O5/c1-4-36-26(35)21-15(2)19(16(3)29-21)23(32)20-22(17-6-8-18(27)9-7-17)31(25(34)24(20)33)12-5-11-30-13-10-28-14-30/h6-10,13-14,22,29,32H,4-5,11-12H2,1-3H3/b23-20+. The Morgan fingerprint density at radius 3 is 2.56 bits per heavy atom.